The predicted molar refractivity (Wildman–Crippen MR) is 92.8 cm³/mol. The van der Waals surface area contributed by atoms with Gasteiger partial charge in [-0.2, -0.15) is 0 Å². The van der Waals surface area contributed by atoms with Gasteiger partial charge in [0.1, 0.15) is 7.82 Å². The Kier molecular flexibility index (Phi) is 16.3. The van der Waals surface area contributed by atoms with Crippen molar-refractivity contribution in [3.8, 4) is 0 Å². The summed E-state index contributed by atoms with van der Waals surface area (Å²) in [6.07, 6.45) is 21.8. The molecule has 0 aromatic rings. The second kappa shape index (κ2) is 16.5. The van der Waals surface area contributed by atoms with Gasteiger partial charge < -0.3 is 18.9 Å². The van der Waals surface area contributed by atoms with E-state index in [2.05, 4.69) is 11.4 Å². The van der Waals surface area contributed by atoms with Crippen molar-refractivity contribution in [2.45, 2.75) is 103 Å². The van der Waals surface area contributed by atoms with Crippen LogP contribution in [-0.2, 0) is 9.09 Å². The summed E-state index contributed by atoms with van der Waals surface area (Å²) in [5.41, 5.74) is 0. The molecule has 0 aliphatic carbocycles. The largest absolute Gasteiger partial charge is 0.780 e. The van der Waals surface area contributed by atoms with Crippen LogP contribution in [0.2, 0.25) is 0 Å². The van der Waals surface area contributed by atoms with E-state index >= 15 is 0 Å². The first kappa shape index (κ1) is 22.7. The third-order valence-electron chi connectivity index (χ3n) is 4.01. The molecule has 0 rings (SSSR count). The fourth-order valence-corrected chi connectivity index (χ4v) is 2.88. The van der Waals surface area contributed by atoms with Gasteiger partial charge in [-0.25, -0.2) is 0 Å². The third kappa shape index (κ3) is 21.7. The van der Waals surface area contributed by atoms with Gasteiger partial charge in [-0.15, -0.1) is 0 Å². The molecule has 0 radical (unpaired) electrons. The second-order valence-corrected chi connectivity index (χ2v) is 7.41. The molecule has 5 heteroatoms. The Bertz CT molecular complexity index is 312. The summed E-state index contributed by atoms with van der Waals surface area (Å²) >= 11 is 0. The third-order valence-corrected chi connectivity index (χ3v) is 4.39. The summed E-state index contributed by atoms with van der Waals surface area (Å²) < 4.78 is 14.2. The van der Waals surface area contributed by atoms with Gasteiger partial charge in [-0.05, 0) is 18.9 Å². The van der Waals surface area contributed by atoms with Crippen LogP contribution in [0.25, 0.3) is 0 Å². The van der Waals surface area contributed by atoms with E-state index in [1.807, 2.05) is 0 Å². The summed E-state index contributed by atoms with van der Waals surface area (Å²) in [5, 5.41) is 0. The zero-order valence-electron chi connectivity index (χ0n) is 14.8. The Labute approximate surface area is 143 Å². The average Bonchev–Trinajstić information content (AvgIpc) is 2.49. The summed E-state index contributed by atoms with van der Waals surface area (Å²) in [6, 6.07) is 0. The lowest BCUT2D eigenvalue weighted by Gasteiger charge is -2.26. The predicted octanol–water partition coefficient (Wildman–Crippen LogP) is 5.22. The van der Waals surface area contributed by atoms with Crippen LogP contribution in [0.1, 0.15) is 103 Å². The SMILES string of the molecule is CCCCCCCCCCCCCCCCC=COP(=O)([O-])[O-]. The normalized spacial score (nSPS) is 12.1. The van der Waals surface area contributed by atoms with Gasteiger partial charge in [0.15, 0.2) is 0 Å². The zero-order valence-corrected chi connectivity index (χ0v) is 15.7. The van der Waals surface area contributed by atoms with Crippen molar-refractivity contribution in [2.24, 2.45) is 0 Å². The first-order valence-electron chi connectivity index (χ1n) is 9.41. The fraction of sp³-hybridized carbons (Fsp3) is 0.889. The highest BCUT2D eigenvalue weighted by Gasteiger charge is 1.93. The van der Waals surface area contributed by atoms with Crippen LogP contribution in [-0.4, -0.2) is 0 Å². The number of phosphoric acid groups is 1. The zero-order chi connectivity index (χ0) is 17.2. The molecule has 0 heterocycles. The summed E-state index contributed by atoms with van der Waals surface area (Å²) in [4.78, 5) is 20.4. The lowest BCUT2D eigenvalue weighted by atomic mass is 10.0. The Balaban J connectivity index is 3.09. The van der Waals surface area contributed by atoms with Crippen molar-refractivity contribution >= 4 is 7.82 Å². The molecule has 0 fully saturated rings. The van der Waals surface area contributed by atoms with Crippen molar-refractivity contribution in [2.75, 3.05) is 0 Å². The Morgan fingerprint density at radius 1 is 0.739 bits per heavy atom. The molecule has 0 aromatic carbocycles. The van der Waals surface area contributed by atoms with Crippen molar-refractivity contribution in [3.05, 3.63) is 12.3 Å². The van der Waals surface area contributed by atoms with Crippen LogP contribution in [0.4, 0.5) is 0 Å². The molecule has 0 aromatic heterocycles. The molecule has 0 aliphatic rings. The Hall–Kier alpha value is -0.310. The minimum atomic E-state index is -4.84. The van der Waals surface area contributed by atoms with Crippen LogP contribution < -0.4 is 9.79 Å². The second-order valence-electron chi connectivity index (χ2n) is 6.31. The van der Waals surface area contributed by atoms with Crippen molar-refractivity contribution in [1.82, 2.24) is 0 Å². The maximum Gasteiger partial charge on any atom is 0.113 e. The number of phosphoric ester groups is 1. The molecule has 0 bridgehead atoms. The van der Waals surface area contributed by atoms with E-state index in [9.17, 15) is 14.4 Å². The van der Waals surface area contributed by atoms with Gasteiger partial charge in [0.05, 0.1) is 6.26 Å². The highest BCUT2D eigenvalue weighted by atomic mass is 31.2. The summed E-state index contributed by atoms with van der Waals surface area (Å²) in [6.45, 7) is 2.26. The fourth-order valence-electron chi connectivity index (χ4n) is 2.64. The molecule has 0 aliphatic heterocycles. The lowest BCUT2D eigenvalue weighted by molar-refractivity contribution is -0.337. The highest BCUT2D eigenvalue weighted by molar-refractivity contribution is 7.43. The van der Waals surface area contributed by atoms with Gasteiger partial charge in [0.25, 0.3) is 0 Å². The Morgan fingerprint density at radius 3 is 1.52 bits per heavy atom. The maximum atomic E-state index is 10.2. The van der Waals surface area contributed by atoms with Crippen LogP contribution >= 0.6 is 7.82 Å². The quantitative estimate of drug-likeness (QED) is 0.206. The molecule has 0 saturated carbocycles. The van der Waals surface area contributed by atoms with E-state index < -0.39 is 7.82 Å². The molecule has 0 saturated heterocycles. The molecule has 4 nitrogen and oxygen atoms in total. The number of unbranched alkanes of at least 4 members (excludes halogenated alkanes) is 14. The number of allylic oxidation sites excluding steroid dienone is 1. The van der Waals surface area contributed by atoms with Crippen molar-refractivity contribution in [3.63, 3.8) is 0 Å². The number of hydrogen-bond donors (Lipinski definition) is 0. The van der Waals surface area contributed by atoms with Gasteiger partial charge in [-0.1, -0.05) is 90.4 Å². The molecule has 0 spiro atoms. The molecule has 0 amide bonds. The minimum absolute atomic E-state index is 0.762. The van der Waals surface area contributed by atoms with Gasteiger partial charge in [-0.3, -0.25) is 0 Å². The Morgan fingerprint density at radius 2 is 1.13 bits per heavy atom. The molecule has 0 atom stereocenters. The van der Waals surface area contributed by atoms with Crippen LogP contribution in [0.5, 0.6) is 0 Å². The minimum Gasteiger partial charge on any atom is -0.780 e. The molecule has 0 N–H and O–H groups in total. The summed E-state index contributed by atoms with van der Waals surface area (Å²) in [5.74, 6) is 0. The smallest absolute Gasteiger partial charge is 0.113 e. The van der Waals surface area contributed by atoms with Crippen molar-refractivity contribution < 1.29 is 18.9 Å². The van der Waals surface area contributed by atoms with E-state index in [0.717, 1.165) is 25.5 Å². The van der Waals surface area contributed by atoms with E-state index in [4.69, 9.17) is 0 Å². The number of hydrogen-bond acceptors (Lipinski definition) is 4. The molecule has 23 heavy (non-hydrogen) atoms. The van der Waals surface area contributed by atoms with Crippen LogP contribution in [0, 0.1) is 0 Å². The lowest BCUT2D eigenvalue weighted by Crippen LogP contribution is -2.13. The first-order valence-corrected chi connectivity index (χ1v) is 10.9. The first-order chi connectivity index (χ1) is 11.1. The monoisotopic (exact) mass is 346 g/mol. The van der Waals surface area contributed by atoms with Gasteiger partial charge in [0.2, 0.25) is 0 Å². The van der Waals surface area contributed by atoms with E-state index in [-0.39, 0.29) is 0 Å². The molecular formula is C18H35O4P-2. The average molecular weight is 346 g/mol. The van der Waals surface area contributed by atoms with Crippen LogP contribution in [0.15, 0.2) is 12.3 Å². The summed E-state index contributed by atoms with van der Waals surface area (Å²) in [7, 11) is -4.84. The molecular weight excluding hydrogens is 311 g/mol. The van der Waals surface area contributed by atoms with Crippen molar-refractivity contribution in [1.29, 1.82) is 0 Å². The molecule has 0 unspecified atom stereocenters. The van der Waals surface area contributed by atoms with Crippen LogP contribution in [0.3, 0.4) is 0 Å². The van der Waals surface area contributed by atoms with E-state index in [1.54, 1.807) is 6.08 Å². The molecule has 138 valence electrons. The van der Waals surface area contributed by atoms with Gasteiger partial charge >= 0.3 is 0 Å². The number of rotatable bonds is 17. The van der Waals surface area contributed by atoms with E-state index in [1.165, 1.54) is 77.0 Å². The van der Waals surface area contributed by atoms with E-state index in [0.29, 0.717) is 0 Å². The maximum absolute atomic E-state index is 10.2. The van der Waals surface area contributed by atoms with Gasteiger partial charge in [0, 0.05) is 0 Å². The standard InChI is InChI=1S/C18H37O4P/c1-2-3-4-5-6-7-8-9-10-11-12-13-14-15-16-17-18-22-23(19,20)21/h17-18H,2-16H2,1H3,(H2,19,20,21)/p-2. The topological polar surface area (TPSA) is 72.4 Å². The highest BCUT2D eigenvalue weighted by Crippen LogP contribution is 2.24.